The average molecular weight is 770 g/mol. The highest BCUT2D eigenvalue weighted by molar-refractivity contribution is 5.97. The quantitative estimate of drug-likeness (QED) is 0.175. The number of aromatic nitrogens is 3. The summed E-state index contributed by atoms with van der Waals surface area (Å²) < 4.78 is 0. The molecule has 0 amide bonds. The number of hydrogen-bond donors (Lipinski definition) is 0. The number of rotatable bonds is 5. The van der Waals surface area contributed by atoms with Gasteiger partial charge in [-0.25, -0.2) is 15.0 Å². The Morgan fingerprint density at radius 3 is 1.50 bits per heavy atom. The summed E-state index contributed by atoms with van der Waals surface area (Å²) >= 11 is 0. The van der Waals surface area contributed by atoms with E-state index >= 15 is 0 Å². The third kappa shape index (κ3) is 5.18. The Morgan fingerprint density at radius 1 is 0.333 bits per heavy atom. The molecule has 0 N–H and O–H groups in total. The maximum atomic E-state index is 5.12. The lowest BCUT2D eigenvalue weighted by Gasteiger charge is -2.61. The van der Waals surface area contributed by atoms with Gasteiger partial charge in [0.2, 0.25) is 0 Å². The molecule has 4 bridgehead atoms. The van der Waals surface area contributed by atoms with Crippen molar-refractivity contribution >= 4 is 21.5 Å². The van der Waals surface area contributed by atoms with Crippen molar-refractivity contribution in [3.63, 3.8) is 0 Å². The van der Waals surface area contributed by atoms with Crippen LogP contribution in [-0.2, 0) is 5.41 Å². The van der Waals surface area contributed by atoms with Crippen LogP contribution in [0.4, 0.5) is 0 Å². The van der Waals surface area contributed by atoms with Crippen molar-refractivity contribution in [3.8, 4) is 67.5 Å². The predicted molar refractivity (Wildman–Crippen MR) is 245 cm³/mol. The molecule has 8 aromatic carbocycles. The van der Waals surface area contributed by atoms with Crippen LogP contribution >= 0.6 is 0 Å². The third-order valence-corrected chi connectivity index (χ3v) is 14.9. The van der Waals surface area contributed by atoms with Crippen molar-refractivity contribution in [2.45, 2.75) is 37.5 Å². The van der Waals surface area contributed by atoms with E-state index in [1.165, 1.54) is 87.0 Å². The van der Waals surface area contributed by atoms with Gasteiger partial charge in [0.25, 0.3) is 0 Å². The molecule has 286 valence electrons. The maximum absolute atomic E-state index is 5.12. The molecule has 1 aromatic heterocycles. The summed E-state index contributed by atoms with van der Waals surface area (Å²) in [5.41, 5.74) is 14.1. The molecule has 14 rings (SSSR count). The molecule has 0 atom stereocenters. The lowest BCUT2D eigenvalue weighted by molar-refractivity contribution is -0.0398. The fourth-order valence-corrected chi connectivity index (χ4v) is 12.5. The van der Waals surface area contributed by atoms with Gasteiger partial charge in [0.1, 0.15) is 0 Å². The molecule has 5 aliphatic carbocycles. The fourth-order valence-electron chi connectivity index (χ4n) is 12.5. The van der Waals surface area contributed by atoms with E-state index in [-0.39, 0.29) is 5.41 Å². The molecule has 9 aromatic rings. The second kappa shape index (κ2) is 13.1. The Kier molecular flexibility index (Phi) is 7.49. The molecule has 0 unspecified atom stereocenters. The number of benzene rings is 8. The van der Waals surface area contributed by atoms with Crippen molar-refractivity contribution in [2.24, 2.45) is 23.7 Å². The van der Waals surface area contributed by atoms with Gasteiger partial charge < -0.3 is 0 Å². The van der Waals surface area contributed by atoms with Crippen LogP contribution in [0.25, 0.3) is 89.1 Å². The normalized spacial score (nSPS) is 22.1. The van der Waals surface area contributed by atoms with E-state index in [0.717, 1.165) is 40.4 Å². The number of fused-ring (bicyclic) bond motifs is 5. The standard InChI is InChI=1S/C57H43N3/c1-2-10-40(11-3-1)54-58-55(60-56(59-54)42-23-19-39(20-24-42)49-16-8-14-38-9-6-7-15-48(38)49)41-21-17-37(18-22-41)45-25-26-50-51-32-43-12-4-5-13-44(43)33-53(51)57(52(50)34-45)46-28-35-27-36(30-46)31-47(57)29-35/h1-26,32-36,46-47H,27-31H2. The second-order valence-electron chi connectivity index (χ2n) is 18.0. The van der Waals surface area contributed by atoms with Gasteiger partial charge in [-0.2, -0.15) is 0 Å². The van der Waals surface area contributed by atoms with E-state index in [1.54, 1.807) is 11.1 Å². The van der Waals surface area contributed by atoms with E-state index in [0.29, 0.717) is 17.5 Å². The van der Waals surface area contributed by atoms with Crippen LogP contribution in [0.15, 0.2) is 176 Å². The first-order chi connectivity index (χ1) is 29.7. The minimum Gasteiger partial charge on any atom is -0.208 e. The molecule has 0 radical (unpaired) electrons. The van der Waals surface area contributed by atoms with Crippen LogP contribution in [-0.4, -0.2) is 15.0 Å². The average Bonchev–Trinajstić information content (AvgIpc) is 3.58. The minimum absolute atomic E-state index is 0.111. The number of nitrogens with zero attached hydrogens (tertiary/aromatic N) is 3. The van der Waals surface area contributed by atoms with Gasteiger partial charge in [0.05, 0.1) is 0 Å². The van der Waals surface area contributed by atoms with Gasteiger partial charge in [-0.15, -0.1) is 0 Å². The predicted octanol–water partition coefficient (Wildman–Crippen LogP) is 14.2. The van der Waals surface area contributed by atoms with E-state index < -0.39 is 0 Å². The molecular weight excluding hydrogens is 727 g/mol. The molecule has 1 heterocycles. The van der Waals surface area contributed by atoms with Gasteiger partial charge in [0, 0.05) is 22.1 Å². The Hall–Kier alpha value is -6.71. The summed E-state index contributed by atoms with van der Waals surface area (Å²) in [5.74, 6) is 5.28. The smallest absolute Gasteiger partial charge is 0.164 e. The van der Waals surface area contributed by atoms with Gasteiger partial charge in [-0.1, -0.05) is 158 Å². The summed E-state index contributed by atoms with van der Waals surface area (Å²) in [6.45, 7) is 0. The molecule has 4 saturated carbocycles. The lowest BCUT2D eigenvalue weighted by Crippen LogP contribution is -2.55. The maximum Gasteiger partial charge on any atom is 0.164 e. The summed E-state index contributed by atoms with van der Waals surface area (Å²) in [7, 11) is 0. The second-order valence-corrected chi connectivity index (χ2v) is 18.0. The summed E-state index contributed by atoms with van der Waals surface area (Å²) in [6, 6.07) is 64.3. The molecule has 0 aliphatic heterocycles. The molecule has 0 saturated heterocycles. The van der Waals surface area contributed by atoms with Crippen molar-refractivity contribution in [1.29, 1.82) is 0 Å². The summed E-state index contributed by atoms with van der Waals surface area (Å²) in [4.78, 5) is 15.2. The van der Waals surface area contributed by atoms with Gasteiger partial charge in [0.15, 0.2) is 17.5 Å². The monoisotopic (exact) mass is 769 g/mol. The zero-order valence-corrected chi connectivity index (χ0v) is 33.4. The molecule has 3 heteroatoms. The highest BCUT2D eigenvalue weighted by Crippen LogP contribution is 2.69. The summed E-state index contributed by atoms with van der Waals surface area (Å²) in [5, 5.41) is 5.21. The Morgan fingerprint density at radius 2 is 0.833 bits per heavy atom. The fraction of sp³-hybridized carbons (Fsp3) is 0.175. The zero-order chi connectivity index (χ0) is 39.4. The first-order valence-electron chi connectivity index (χ1n) is 21.8. The Labute approximate surface area is 350 Å². The van der Waals surface area contributed by atoms with E-state index in [9.17, 15) is 0 Å². The molecule has 3 nitrogen and oxygen atoms in total. The van der Waals surface area contributed by atoms with Gasteiger partial charge >= 0.3 is 0 Å². The SMILES string of the molecule is c1ccc(-c2nc(-c3ccc(-c4ccc5c(c4)C4(c6cc7ccccc7cc6-5)C5CC6CC(C5)CC4C6)cc3)nc(-c3ccc(-c4cccc5ccccc45)cc3)n2)cc1. The third-order valence-electron chi connectivity index (χ3n) is 14.9. The van der Waals surface area contributed by atoms with Gasteiger partial charge in [-0.05, 0) is 140 Å². The van der Waals surface area contributed by atoms with E-state index in [1.807, 2.05) is 18.2 Å². The molecule has 1 spiro atoms. The van der Waals surface area contributed by atoms with Crippen molar-refractivity contribution < 1.29 is 0 Å². The van der Waals surface area contributed by atoms with Crippen molar-refractivity contribution in [2.75, 3.05) is 0 Å². The van der Waals surface area contributed by atoms with Crippen molar-refractivity contribution in [1.82, 2.24) is 15.0 Å². The van der Waals surface area contributed by atoms with Crippen LogP contribution in [0, 0.1) is 23.7 Å². The molecular formula is C57H43N3. The van der Waals surface area contributed by atoms with Crippen LogP contribution in [0.2, 0.25) is 0 Å². The Balaban J connectivity index is 0.882. The first-order valence-corrected chi connectivity index (χ1v) is 21.8. The highest BCUT2D eigenvalue weighted by atomic mass is 15.0. The summed E-state index contributed by atoms with van der Waals surface area (Å²) in [6.07, 6.45) is 6.98. The topological polar surface area (TPSA) is 38.7 Å². The van der Waals surface area contributed by atoms with Crippen LogP contribution in [0.1, 0.15) is 43.2 Å². The van der Waals surface area contributed by atoms with Crippen LogP contribution in [0.5, 0.6) is 0 Å². The van der Waals surface area contributed by atoms with Crippen LogP contribution < -0.4 is 0 Å². The zero-order valence-electron chi connectivity index (χ0n) is 33.4. The van der Waals surface area contributed by atoms with Gasteiger partial charge in [-0.3, -0.25) is 0 Å². The largest absolute Gasteiger partial charge is 0.208 e. The molecule has 4 fully saturated rings. The lowest BCUT2D eigenvalue weighted by atomic mass is 9.43. The Bertz CT molecular complexity index is 3110. The van der Waals surface area contributed by atoms with Crippen molar-refractivity contribution in [3.05, 3.63) is 187 Å². The molecule has 60 heavy (non-hydrogen) atoms. The first kappa shape index (κ1) is 34.2. The highest BCUT2D eigenvalue weighted by Gasteiger charge is 2.61. The van der Waals surface area contributed by atoms with E-state index in [2.05, 4.69) is 158 Å². The molecule has 5 aliphatic rings. The number of hydrogen-bond acceptors (Lipinski definition) is 3. The minimum atomic E-state index is 0.111. The van der Waals surface area contributed by atoms with Crippen LogP contribution in [0.3, 0.4) is 0 Å². The van der Waals surface area contributed by atoms with E-state index in [4.69, 9.17) is 15.0 Å².